The van der Waals surface area contributed by atoms with E-state index in [9.17, 15) is 0 Å². The lowest BCUT2D eigenvalue weighted by Crippen LogP contribution is -2.19. The van der Waals surface area contributed by atoms with Crippen molar-refractivity contribution in [1.82, 2.24) is 15.2 Å². The van der Waals surface area contributed by atoms with Crippen LogP contribution in [0.1, 0.15) is 5.82 Å². The van der Waals surface area contributed by atoms with Gasteiger partial charge in [0.25, 0.3) is 0 Å². The van der Waals surface area contributed by atoms with Crippen LogP contribution in [0, 0.1) is 18.3 Å². The largest absolute Gasteiger partial charge is 0.315 e. The maximum atomic E-state index is 8.38. The molecule has 0 fully saturated rings. The molecule has 5 nitrogen and oxygen atoms in total. The first-order chi connectivity index (χ1) is 5.72. The van der Waals surface area contributed by atoms with Gasteiger partial charge in [-0.3, -0.25) is 5.10 Å². The van der Waals surface area contributed by atoms with Gasteiger partial charge in [0.2, 0.25) is 5.16 Å². The van der Waals surface area contributed by atoms with E-state index >= 15 is 0 Å². The van der Waals surface area contributed by atoms with Crippen LogP contribution >= 0.6 is 11.8 Å². The highest BCUT2D eigenvalue weighted by Crippen LogP contribution is 2.11. The van der Waals surface area contributed by atoms with Crippen molar-refractivity contribution in [2.45, 2.75) is 18.1 Å². The molecule has 12 heavy (non-hydrogen) atoms. The first-order valence-electron chi connectivity index (χ1n) is 3.39. The summed E-state index contributed by atoms with van der Waals surface area (Å²) < 4.78 is 0. The van der Waals surface area contributed by atoms with E-state index in [0.717, 1.165) is 5.82 Å². The molecule has 1 aromatic heterocycles. The highest BCUT2D eigenvalue weighted by Gasteiger charge is 2.04. The zero-order chi connectivity index (χ0) is 8.97. The number of hydrogen-bond acceptors (Lipinski definition) is 5. The fraction of sp³-hybridized carbons (Fsp3) is 0.500. The molecule has 1 atom stereocenters. The van der Waals surface area contributed by atoms with Crippen molar-refractivity contribution in [2.75, 3.05) is 5.75 Å². The topological polar surface area (TPSA) is 91.4 Å². The Labute approximate surface area is 74.4 Å². The summed E-state index contributed by atoms with van der Waals surface area (Å²) in [6, 6.07) is 1.48. The number of nitriles is 1. The number of aromatic nitrogens is 3. The minimum absolute atomic E-state index is 0.450. The zero-order valence-corrected chi connectivity index (χ0v) is 7.43. The molecule has 64 valence electrons. The monoisotopic (exact) mass is 183 g/mol. The number of rotatable bonds is 3. The molecule has 0 saturated carbocycles. The Hall–Kier alpha value is -1.06. The summed E-state index contributed by atoms with van der Waals surface area (Å²) in [7, 11) is 0. The number of nitrogens with zero attached hydrogens (tertiary/aromatic N) is 3. The van der Waals surface area contributed by atoms with Crippen LogP contribution in [0.3, 0.4) is 0 Å². The molecular formula is C6H9N5S. The number of aryl methyl sites for hydroxylation is 1. The van der Waals surface area contributed by atoms with Crippen molar-refractivity contribution in [2.24, 2.45) is 5.73 Å². The smallest absolute Gasteiger partial charge is 0.208 e. The Bertz CT molecular complexity index is 288. The minimum Gasteiger partial charge on any atom is -0.315 e. The van der Waals surface area contributed by atoms with Crippen LogP contribution in [0.4, 0.5) is 0 Å². The molecule has 1 rings (SSSR count). The van der Waals surface area contributed by atoms with Crippen molar-refractivity contribution < 1.29 is 0 Å². The molecule has 1 heterocycles. The summed E-state index contributed by atoms with van der Waals surface area (Å²) in [6.07, 6.45) is 0. The van der Waals surface area contributed by atoms with Gasteiger partial charge in [0.05, 0.1) is 6.07 Å². The quantitative estimate of drug-likeness (QED) is 0.646. The highest BCUT2D eigenvalue weighted by atomic mass is 32.2. The lowest BCUT2D eigenvalue weighted by molar-refractivity contribution is 0.933. The maximum Gasteiger partial charge on any atom is 0.208 e. The van der Waals surface area contributed by atoms with E-state index in [-0.39, 0.29) is 0 Å². The number of nitrogens with two attached hydrogens (primary N) is 1. The highest BCUT2D eigenvalue weighted by molar-refractivity contribution is 7.99. The van der Waals surface area contributed by atoms with Crippen molar-refractivity contribution >= 4 is 11.8 Å². The second kappa shape index (κ2) is 4.09. The molecule has 0 bridgehead atoms. The fourth-order valence-corrected chi connectivity index (χ4v) is 1.30. The van der Waals surface area contributed by atoms with Crippen LogP contribution in [0.5, 0.6) is 0 Å². The average molecular weight is 183 g/mol. The molecule has 0 aliphatic heterocycles. The number of nitrogens with one attached hydrogen (secondary N) is 1. The lowest BCUT2D eigenvalue weighted by Gasteiger charge is -1.96. The first kappa shape index (κ1) is 9.03. The van der Waals surface area contributed by atoms with Crippen LogP contribution in [-0.2, 0) is 0 Å². The van der Waals surface area contributed by atoms with Crippen LogP contribution in [0.15, 0.2) is 5.16 Å². The second-order valence-electron chi connectivity index (χ2n) is 2.25. The SMILES string of the molecule is Cc1nc(SCC(N)C#N)n[nH]1. The molecule has 0 amide bonds. The summed E-state index contributed by atoms with van der Waals surface area (Å²) >= 11 is 1.37. The Morgan fingerprint density at radius 2 is 2.58 bits per heavy atom. The Morgan fingerprint density at radius 3 is 3.08 bits per heavy atom. The predicted molar refractivity (Wildman–Crippen MR) is 45.4 cm³/mol. The standard InChI is InChI=1S/C6H9N5S/c1-4-9-6(11-10-4)12-3-5(8)2-7/h5H,3,8H2,1H3,(H,9,10,11). The van der Waals surface area contributed by atoms with Gasteiger partial charge in [-0.15, -0.1) is 5.10 Å². The van der Waals surface area contributed by atoms with Gasteiger partial charge in [0.15, 0.2) is 0 Å². The normalized spacial score (nSPS) is 12.4. The van der Waals surface area contributed by atoms with Crippen molar-refractivity contribution in [3.05, 3.63) is 5.82 Å². The third-order valence-corrected chi connectivity index (χ3v) is 2.10. The van der Waals surface area contributed by atoms with E-state index in [1.54, 1.807) is 0 Å². The summed E-state index contributed by atoms with van der Waals surface area (Å²) in [6.45, 7) is 1.82. The third kappa shape index (κ3) is 2.53. The molecule has 1 unspecified atom stereocenters. The number of aromatic amines is 1. The van der Waals surface area contributed by atoms with E-state index < -0.39 is 6.04 Å². The third-order valence-electron chi connectivity index (χ3n) is 1.13. The maximum absolute atomic E-state index is 8.38. The molecule has 0 aliphatic rings. The van der Waals surface area contributed by atoms with E-state index in [1.165, 1.54) is 11.8 Å². The second-order valence-corrected chi connectivity index (χ2v) is 3.24. The van der Waals surface area contributed by atoms with Gasteiger partial charge in [-0.25, -0.2) is 4.98 Å². The van der Waals surface area contributed by atoms with Gasteiger partial charge >= 0.3 is 0 Å². The van der Waals surface area contributed by atoms with E-state index in [0.29, 0.717) is 10.9 Å². The van der Waals surface area contributed by atoms with Crippen LogP contribution < -0.4 is 5.73 Å². The Balaban J connectivity index is 2.39. The van der Waals surface area contributed by atoms with Gasteiger partial charge in [0, 0.05) is 5.75 Å². The van der Waals surface area contributed by atoms with E-state index in [4.69, 9.17) is 11.0 Å². The van der Waals surface area contributed by atoms with Crippen molar-refractivity contribution in [1.29, 1.82) is 5.26 Å². The lowest BCUT2D eigenvalue weighted by atomic mass is 10.4. The Kier molecular flexibility index (Phi) is 3.08. The summed E-state index contributed by atoms with van der Waals surface area (Å²) in [4.78, 5) is 4.05. The molecule has 0 radical (unpaired) electrons. The molecule has 0 spiro atoms. The fourth-order valence-electron chi connectivity index (χ4n) is 0.588. The Morgan fingerprint density at radius 1 is 1.83 bits per heavy atom. The predicted octanol–water partition coefficient (Wildman–Crippen LogP) is 0.0561. The molecule has 3 N–H and O–H groups in total. The van der Waals surface area contributed by atoms with Gasteiger partial charge in [-0.05, 0) is 6.92 Å². The number of H-pyrrole nitrogens is 1. The number of thioether (sulfide) groups is 1. The van der Waals surface area contributed by atoms with Crippen LogP contribution in [0.25, 0.3) is 0 Å². The van der Waals surface area contributed by atoms with E-state index in [2.05, 4.69) is 15.2 Å². The molecule has 6 heteroatoms. The summed E-state index contributed by atoms with van der Waals surface area (Å²) in [5.41, 5.74) is 5.38. The van der Waals surface area contributed by atoms with Crippen molar-refractivity contribution in [3.63, 3.8) is 0 Å². The summed E-state index contributed by atoms with van der Waals surface area (Å²) in [5, 5.41) is 15.6. The minimum atomic E-state index is -0.450. The van der Waals surface area contributed by atoms with Crippen molar-refractivity contribution in [3.8, 4) is 6.07 Å². The van der Waals surface area contributed by atoms with Crippen LogP contribution in [0.2, 0.25) is 0 Å². The molecule has 0 saturated heterocycles. The van der Waals surface area contributed by atoms with Gasteiger partial charge in [-0.2, -0.15) is 5.26 Å². The van der Waals surface area contributed by atoms with Gasteiger partial charge in [-0.1, -0.05) is 11.8 Å². The van der Waals surface area contributed by atoms with E-state index in [1.807, 2.05) is 13.0 Å². The van der Waals surface area contributed by atoms with Gasteiger partial charge < -0.3 is 5.73 Å². The van der Waals surface area contributed by atoms with Crippen LogP contribution in [-0.4, -0.2) is 27.0 Å². The molecule has 1 aromatic rings. The molecule has 0 aromatic carbocycles. The number of hydrogen-bond donors (Lipinski definition) is 2. The average Bonchev–Trinajstić information content (AvgIpc) is 2.47. The first-order valence-corrected chi connectivity index (χ1v) is 4.38. The molecule has 0 aliphatic carbocycles. The summed E-state index contributed by atoms with van der Waals surface area (Å²) in [5.74, 6) is 1.29. The molecular weight excluding hydrogens is 174 g/mol. The zero-order valence-electron chi connectivity index (χ0n) is 6.61. The van der Waals surface area contributed by atoms with Gasteiger partial charge in [0.1, 0.15) is 11.9 Å².